The molecule has 1 nitrogen and oxygen atoms in total. The van der Waals surface area contributed by atoms with Crippen LogP contribution in [0.15, 0.2) is 79.1 Å². The molecule has 3 aromatic carbocycles. The fourth-order valence-corrected chi connectivity index (χ4v) is 2.88. The maximum Gasteiger partial charge on any atom is 0.0340 e. The van der Waals surface area contributed by atoms with Crippen LogP contribution in [0.2, 0.25) is 0 Å². The molecule has 104 valence electrons. The smallest absolute Gasteiger partial charge is 0.0340 e. The van der Waals surface area contributed by atoms with Crippen LogP contribution >= 0.6 is 0 Å². The van der Waals surface area contributed by atoms with Crippen molar-refractivity contribution in [2.75, 3.05) is 0 Å². The van der Waals surface area contributed by atoms with E-state index in [2.05, 4.69) is 77.8 Å². The number of benzene rings is 3. The SMILES string of the molecule is C(=C\c1c2ccccc2cc2ccccc12)/c1cccnc1. The Morgan fingerprint density at radius 1 is 0.682 bits per heavy atom. The molecule has 0 saturated carbocycles. The van der Waals surface area contributed by atoms with E-state index in [1.165, 1.54) is 27.1 Å². The maximum atomic E-state index is 4.17. The summed E-state index contributed by atoms with van der Waals surface area (Å²) in [7, 11) is 0. The summed E-state index contributed by atoms with van der Waals surface area (Å²) in [4.78, 5) is 4.17. The average molecular weight is 281 g/mol. The summed E-state index contributed by atoms with van der Waals surface area (Å²) in [6.45, 7) is 0. The topological polar surface area (TPSA) is 12.9 Å². The molecule has 0 aliphatic rings. The predicted molar refractivity (Wildman–Crippen MR) is 94.6 cm³/mol. The van der Waals surface area contributed by atoms with Crippen molar-refractivity contribution in [3.63, 3.8) is 0 Å². The highest BCUT2D eigenvalue weighted by Gasteiger charge is 2.04. The van der Waals surface area contributed by atoms with E-state index in [1.54, 1.807) is 6.20 Å². The maximum absolute atomic E-state index is 4.17. The molecule has 1 heteroatoms. The second-order valence-electron chi connectivity index (χ2n) is 5.35. The highest BCUT2D eigenvalue weighted by atomic mass is 14.6. The number of nitrogens with zero attached hydrogens (tertiary/aromatic N) is 1. The molecule has 4 rings (SSSR count). The summed E-state index contributed by atoms with van der Waals surface area (Å²) >= 11 is 0. The molecule has 0 aliphatic carbocycles. The molecule has 0 bridgehead atoms. The summed E-state index contributed by atoms with van der Waals surface area (Å²) in [5.41, 5.74) is 2.37. The van der Waals surface area contributed by atoms with Crippen LogP contribution in [0.4, 0.5) is 0 Å². The van der Waals surface area contributed by atoms with E-state index < -0.39 is 0 Å². The van der Waals surface area contributed by atoms with Crippen molar-refractivity contribution in [3.8, 4) is 0 Å². The molecule has 1 aromatic heterocycles. The van der Waals surface area contributed by atoms with Crippen molar-refractivity contribution >= 4 is 33.7 Å². The van der Waals surface area contributed by atoms with Gasteiger partial charge in [-0.1, -0.05) is 66.7 Å². The molecule has 22 heavy (non-hydrogen) atoms. The first kappa shape index (κ1) is 12.8. The van der Waals surface area contributed by atoms with Gasteiger partial charge in [0.25, 0.3) is 0 Å². The highest BCUT2D eigenvalue weighted by Crippen LogP contribution is 2.29. The lowest BCUT2D eigenvalue weighted by Gasteiger charge is -2.08. The molecule has 0 radical (unpaired) electrons. The summed E-state index contributed by atoms with van der Waals surface area (Å²) in [5.74, 6) is 0. The molecule has 0 N–H and O–H groups in total. The van der Waals surface area contributed by atoms with E-state index in [9.17, 15) is 0 Å². The van der Waals surface area contributed by atoms with Gasteiger partial charge in [-0.2, -0.15) is 0 Å². The van der Waals surface area contributed by atoms with Gasteiger partial charge in [0.05, 0.1) is 0 Å². The third-order valence-electron chi connectivity index (χ3n) is 3.94. The molecule has 1 heterocycles. The zero-order chi connectivity index (χ0) is 14.8. The molecular weight excluding hydrogens is 266 g/mol. The lowest BCUT2D eigenvalue weighted by molar-refractivity contribution is 1.32. The minimum atomic E-state index is 1.11. The number of fused-ring (bicyclic) bond motifs is 2. The van der Waals surface area contributed by atoms with Gasteiger partial charge in [-0.3, -0.25) is 4.98 Å². The molecule has 0 fully saturated rings. The number of rotatable bonds is 2. The van der Waals surface area contributed by atoms with Crippen molar-refractivity contribution in [2.45, 2.75) is 0 Å². The normalized spacial score (nSPS) is 11.5. The van der Waals surface area contributed by atoms with Crippen LogP contribution in [0.25, 0.3) is 33.7 Å². The Morgan fingerprint density at radius 2 is 1.36 bits per heavy atom. The van der Waals surface area contributed by atoms with Crippen LogP contribution in [0.3, 0.4) is 0 Å². The quantitative estimate of drug-likeness (QED) is 0.438. The van der Waals surface area contributed by atoms with Gasteiger partial charge in [0.1, 0.15) is 0 Å². The van der Waals surface area contributed by atoms with E-state index >= 15 is 0 Å². The van der Waals surface area contributed by atoms with Gasteiger partial charge in [-0.15, -0.1) is 0 Å². The molecule has 0 saturated heterocycles. The standard InChI is InChI=1S/C21H15N/c1-3-9-19-17(7-1)14-18-8-2-4-10-20(18)21(19)12-11-16-6-5-13-22-15-16/h1-15H/b12-11+. The summed E-state index contributed by atoms with van der Waals surface area (Å²) in [6, 6.07) is 23.4. The monoisotopic (exact) mass is 281 g/mol. The van der Waals surface area contributed by atoms with E-state index in [4.69, 9.17) is 0 Å². The number of aromatic nitrogens is 1. The first-order chi connectivity index (χ1) is 10.9. The Morgan fingerprint density at radius 3 is 2.00 bits per heavy atom. The molecule has 0 atom stereocenters. The van der Waals surface area contributed by atoms with E-state index in [-0.39, 0.29) is 0 Å². The average Bonchev–Trinajstić information content (AvgIpc) is 2.59. The van der Waals surface area contributed by atoms with Crippen LogP contribution in [0, 0.1) is 0 Å². The minimum Gasteiger partial charge on any atom is -0.264 e. The Labute approximate surface area is 129 Å². The Balaban J connectivity index is 1.98. The zero-order valence-electron chi connectivity index (χ0n) is 12.1. The van der Waals surface area contributed by atoms with Gasteiger partial charge in [-0.25, -0.2) is 0 Å². The molecular formula is C21H15N. The van der Waals surface area contributed by atoms with Gasteiger partial charge in [0, 0.05) is 12.4 Å². The van der Waals surface area contributed by atoms with Crippen molar-refractivity contribution in [2.24, 2.45) is 0 Å². The van der Waals surface area contributed by atoms with Crippen molar-refractivity contribution in [1.29, 1.82) is 0 Å². The Hall–Kier alpha value is -2.93. The Kier molecular flexibility index (Phi) is 3.17. The molecule has 0 spiro atoms. The molecule has 0 amide bonds. The van der Waals surface area contributed by atoms with E-state index in [0.717, 1.165) is 5.56 Å². The first-order valence-electron chi connectivity index (χ1n) is 7.40. The zero-order valence-corrected chi connectivity index (χ0v) is 12.1. The van der Waals surface area contributed by atoms with Crippen molar-refractivity contribution in [1.82, 2.24) is 4.98 Å². The summed E-state index contributed by atoms with van der Waals surface area (Å²) in [5, 5.41) is 5.10. The fourth-order valence-electron chi connectivity index (χ4n) is 2.88. The second-order valence-corrected chi connectivity index (χ2v) is 5.35. The predicted octanol–water partition coefficient (Wildman–Crippen LogP) is 5.56. The van der Waals surface area contributed by atoms with E-state index in [1.807, 2.05) is 12.3 Å². The number of hydrogen-bond acceptors (Lipinski definition) is 1. The highest BCUT2D eigenvalue weighted by molar-refractivity contribution is 6.07. The van der Waals surface area contributed by atoms with Gasteiger partial charge >= 0.3 is 0 Å². The number of hydrogen-bond donors (Lipinski definition) is 0. The van der Waals surface area contributed by atoms with Gasteiger partial charge in [-0.05, 0) is 44.8 Å². The summed E-state index contributed by atoms with van der Waals surface area (Å²) < 4.78 is 0. The van der Waals surface area contributed by atoms with Crippen molar-refractivity contribution in [3.05, 3.63) is 90.3 Å². The molecule has 4 aromatic rings. The minimum absolute atomic E-state index is 1.11. The largest absolute Gasteiger partial charge is 0.264 e. The van der Waals surface area contributed by atoms with Gasteiger partial charge in [0.2, 0.25) is 0 Å². The second kappa shape index (κ2) is 5.45. The third-order valence-corrected chi connectivity index (χ3v) is 3.94. The number of pyridine rings is 1. The van der Waals surface area contributed by atoms with E-state index in [0.29, 0.717) is 0 Å². The summed E-state index contributed by atoms with van der Waals surface area (Å²) in [6.07, 6.45) is 8.00. The van der Waals surface area contributed by atoms with Crippen LogP contribution in [0.5, 0.6) is 0 Å². The van der Waals surface area contributed by atoms with Crippen LogP contribution in [-0.4, -0.2) is 4.98 Å². The third kappa shape index (κ3) is 2.27. The first-order valence-corrected chi connectivity index (χ1v) is 7.40. The molecule has 0 aliphatic heterocycles. The Bertz CT molecular complexity index is 915. The fraction of sp³-hybridized carbons (Fsp3) is 0. The van der Waals surface area contributed by atoms with Crippen LogP contribution in [0.1, 0.15) is 11.1 Å². The van der Waals surface area contributed by atoms with Crippen molar-refractivity contribution < 1.29 is 0 Å². The van der Waals surface area contributed by atoms with Crippen LogP contribution in [-0.2, 0) is 0 Å². The molecule has 0 unspecified atom stereocenters. The van der Waals surface area contributed by atoms with Gasteiger partial charge in [0.15, 0.2) is 0 Å². The lowest BCUT2D eigenvalue weighted by Crippen LogP contribution is -1.83. The van der Waals surface area contributed by atoms with Crippen LogP contribution < -0.4 is 0 Å². The lowest BCUT2D eigenvalue weighted by atomic mass is 9.96. The van der Waals surface area contributed by atoms with Gasteiger partial charge < -0.3 is 0 Å².